The molecule has 3 rings (SSSR count). The Labute approximate surface area is 151 Å². The summed E-state index contributed by atoms with van der Waals surface area (Å²) in [6.07, 6.45) is 7.01. The lowest BCUT2D eigenvalue weighted by Crippen LogP contribution is -2.30. The standard InChI is InChI=1S/C17H19N3.C2H2O4/c1-3-11-19(16-8-10-18-13-14(16)2)20-12-9-15-6-4-5-7-17(15)20;3-1(4)2(5)6/h4-10,12-13H,3,11H2,1-2H3;(H,3,4)(H,5,6). The number of carboxylic acids is 2. The fourth-order valence-corrected chi connectivity index (χ4v) is 2.59. The second-order valence-corrected chi connectivity index (χ2v) is 5.61. The van der Waals surface area contributed by atoms with Crippen molar-refractivity contribution in [3.05, 3.63) is 60.6 Å². The molecule has 3 aromatic rings. The average molecular weight is 355 g/mol. The van der Waals surface area contributed by atoms with E-state index in [9.17, 15) is 0 Å². The summed E-state index contributed by atoms with van der Waals surface area (Å²) in [4.78, 5) is 22.4. The summed E-state index contributed by atoms with van der Waals surface area (Å²) < 4.78 is 2.24. The summed E-state index contributed by atoms with van der Waals surface area (Å²) in [6.45, 7) is 5.29. The van der Waals surface area contributed by atoms with Gasteiger partial charge in [0, 0.05) is 30.5 Å². The van der Waals surface area contributed by atoms with E-state index in [1.54, 1.807) is 0 Å². The Morgan fingerprint density at radius 2 is 1.81 bits per heavy atom. The van der Waals surface area contributed by atoms with Gasteiger partial charge >= 0.3 is 11.9 Å². The quantitative estimate of drug-likeness (QED) is 0.698. The number of hydrogen-bond acceptors (Lipinski definition) is 4. The molecular weight excluding hydrogens is 334 g/mol. The number of pyridine rings is 1. The van der Waals surface area contributed by atoms with Crippen molar-refractivity contribution in [2.75, 3.05) is 11.6 Å². The Morgan fingerprint density at radius 1 is 1.12 bits per heavy atom. The van der Waals surface area contributed by atoms with Gasteiger partial charge in [-0.25, -0.2) is 9.59 Å². The summed E-state index contributed by atoms with van der Waals surface area (Å²) in [6, 6.07) is 12.7. The molecule has 7 nitrogen and oxygen atoms in total. The molecule has 0 fully saturated rings. The van der Waals surface area contributed by atoms with E-state index in [1.165, 1.54) is 22.2 Å². The molecule has 136 valence electrons. The summed E-state index contributed by atoms with van der Waals surface area (Å²) in [5.41, 5.74) is 3.64. The second-order valence-electron chi connectivity index (χ2n) is 5.61. The van der Waals surface area contributed by atoms with Crippen molar-refractivity contribution in [1.82, 2.24) is 9.66 Å². The third kappa shape index (κ3) is 4.38. The Hall–Kier alpha value is -3.35. The average Bonchev–Trinajstić information content (AvgIpc) is 3.05. The molecule has 2 heterocycles. The number of nitrogens with zero attached hydrogens (tertiary/aromatic N) is 3. The molecule has 2 N–H and O–H groups in total. The lowest BCUT2D eigenvalue weighted by atomic mass is 10.2. The summed E-state index contributed by atoms with van der Waals surface area (Å²) in [5, 5.41) is 18.4. The van der Waals surface area contributed by atoms with Gasteiger partial charge in [0.1, 0.15) is 0 Å². The van der Waals surface area contributed by atoms with E-state index in [-0.39, 0.29) is 0 Å². The van der Waals surface area contributed by atoms with Gasteiger partial charge in [0.25, 0.3) is 0 Å². The van der Waals surface area contributed by atoms with Crippen LogP contribution in [-0.4, -0.2) is 38.4 Å². The molecule has 0 atom stereocenters. The molecule has 0 aliphatic heterocycles. The van der Waals surface area contributed by atoms with Gasteiger partial charge in [-0.3, -0.25) is 14.7 Å². The van der Waals surface area contributed by atoms with Gasteiger partial charge in [0.2, 0.25) is 0 Å². The summed E-state index contributed by atoms with van der Waals surface area (Å²) >= 11 is 0. The summed E-state index contributed by atoms with van der Waals surface area (Å²) in [7, 11) is 0. The molecule has 0 aliphatic rings. The van der Waals surface area contributed by atoms with Crippen molar-refractivity contribution in [2.45, 2.75) is 20.3 Å². The highest BCUT2D eigenvalue weighted by Crippen LogP contribution is 2.24. The molecule has 0 aliphatic carbocycles. The van der Waals surface area contributed by atoms with Gasteiger partial charge in [-0.05, 0) is 37.1 Å². The van der Waals surface area contributed by atoms with E-state index in [1.807, 2.05) is 12.4 Å². The molecule has 1 aromatic carbocycles. The zero-order valence-electron chi connectivity index (χ0n) is 14.7. The van der Waals surface area contributed by atoms with Crippen molar-refractivity contribution >= 4 is 28.5 Å². The molecule has 0 saturated heterocycles. The van der Waals surface area contributed by atoms with Crippen molar-refractivity contribution in [3.63, 3.8) is 0 Å². The highest BCUT2D eigenvalue weighted by atomic mass is 16.4. The van der Waals surface area contributed by atoms with Gasteiger partial charge in [-0.2, -0.15) is 0 Å². The fraction of sp³-hybridized carbons (Fsp3) is 0.211. The Balaban J connectivity index is 0.000000352. The molecule has 0 unspecified atom stereocenters. The van der Waals surface area contributed by atoms with Crippen molar-refractivity contribution in [1.29, 1.82) is 0 Å². The number of aliphatic carboxylic acids is 2. The maximum atomic E-state index is 9.10. The Morgan fingerprint density at radius 3 is 2.42 bits per heavy atom. The minimum atomic E-state index is -1.82. The topological polar surface area (TPSA) is 95.7 Å². The molecular formula is C19H21N3O4. The van der Waals surface area contributed by atoms with Gasteiger partial charge in [0.05, 0.1) is 11.2 Å². The molecule has 0 amide bonds. The van der Waals surface area contributed by atoms with E-state index < -0.39 is 11.9 Å². The first kappa shape index (κ1) is 19.0. The second kappa shape index (κ2) is 8.66. The van der Waals surface area contributed by atoms with E-state index in [4.69, 9.17) is 19.8 Å². The molecule has 0 radical (unpaired) electrons. The van der Waals surface area contributed by atoms with E-state index in [0.29, 0.717) is 0 Å². The number of para-hydroxylation sites is 1. The predicted molar refractivity (Wildman–Crippen MR) is 99.2 cm³/mol. The van der Waals surface area contributed by atoms with Crippen LogP contribution in [0.25, 0.3) is 10.9 Å². The van der Waals surface area contributed by atoms with Crippen molar-refractivity contribution in [2.24, 2.45) is 0 Å². The van der Waals surface area contributed by atoms with Crippen LogP contribution in [0, 0.1) is 6.92 Å². The van der Waals surface area contributed by atoms with Crippen LogP contribution in [0.2, 0.25) is 0 Å². The maximum absolute atomic E-state index is 9.10. The molecule has 2 aromatic heterocycles. The number of carboxylic acid groups (broad SMARTS) is 2. The molecule has 0 saturated carbocycles. The van der Waals surface area contributed by atoms with Crippen LogP contribution in [0.5, 0.6) is 0 Å². The monoisotopic (exact) mass is 355 g/mol. The van der Waals surface area contributed by atoms with Crippen LogP contribution in [-0.2, 0) is 9.59 Å². The minimum absolute atomic E-state index is 0.976. The van der Waals surface area contributed by atoms with Crippen molar-refractivity contribution < 1.29 is 19.8 Å². The minimum Gasteiger partial charge on any atom is -0.473 e. The van der Waals surface area contributed by atoms with Crippen LogP contribution in [0.4, 0.5) is 5.69 Å². The lowest BCUT2D eigenvalue weighted by Gasteiger charge is -2.28. The van der Waals surface area contributed by atoms with E-state index >= 15 is 0 Å². The number of hydrogen-bond donors (Lipinski definition) is 2. The Bertz CT molecular complexity index is 892. The van der Waals surface area contributed by atoms with Crippen LogP contribution in [0.3, 0.4) is 0 Å². The highest BCUT2D eigenvalue weighted by molar-refractivity contribution is 6.27. The lowest BCUT2D eigenvalue weighted by molar-refractivity contribution is -0.159. The first-order valence-corrected chi connectivity index (χ1v) is 8.16. The SMILES string of the molecule is CCCN(c1ccncc1C)n1ccc2ccccc21.O=C(O)C(=O)O. The van der Waals surface area contributed by atoms with E-state index in [2.05, 4.69) is 71.1 Å². The van der Waals surface area contributed by atoms with Crippen molar-refractivity contribution in [3.8, 4) is 0 Å². The van der Waals surface area contributed by atoms with Gasteiger partial charge in [-0.15, -0.1) is 0 Å². The van der Waals surface area contributed by atoms with Crippen LogP contribution < -0.4 is 5.01 Å². The third-order valence-electron chi connectivity index (χ3n) is 3.73. The predicted octanol–water partition coefficient (Wildman–Crippen LogP) is 3.18. The molecule has 7 heteroatoms. The largest absolute Gasteiger partial charge is 0.473 e. The molecule has 26 heavy (non-hydrogen) atoms. The first-order valence-electron chi connectivity index (χ1n) is 8.16. The Kier molecular flexibility index (Phi) is 6.32. The number of aryl methyl sites for hydroxylation is 1. The molecule has 0 bridgehead atoms. The normalized spacial score (nSPS) is 10.1. The number of carbonyl (C=O) groups is 2. The first-order chi connectivity index (χ1) is 12.5. The van der Waals surface area contributed by atoms with Crippen LogP contribution >= 0.6 is 0 Å². The number of aromatic nitrogens is 2. The molecule has 0 spiro atoms. The van der Waals surface area contributed by atoms with Gasteiger partial charge in [-0.1, -0.05) is 25.1 Å². The highest BCUT2D eigenvalue weighted by Gasteiger charge is 2.12. The van der Waals surface area contributed by atoms with Crippen LogP contribution in [0.1, 0.15) is 18.9 Å². The van der Waals surface area contributed by atoms with Gasteiger partial charge in [0.15, 0.2) is 0 Å². The number of fused-ring (bicyclic) bond motifs is 1. The zero-order valence-corrected chi connectivity index (χ0v) is 14.7. The number of rotatable bonds is 4. The number of benzene rings is 1. The van der Waals surface area contributed by atoms with E-state index in [0.717, 1.165) is 13.0 Å². The fourth-order valence-electron chi connectivity index (χ4n) is 2.59. The van der Waals surface area contributed by atoms with Crippen LogP contribution in [0.15, 0.2) is 55.0 Å². The maximum Gasteiger partial charge on any atom is 0.414 e. The van der Waals surface area contributed by atoms with Gasteiger partial charge < -0.3 is 10.2 Å². The third-order valence-corrected chi connectivity index (χ3v) is 3.73. The zero-order chi connectivity index (χ0) is 19.1. The summed E-state index contributed by atoms with van der Waals surface area (Å²) in [5.74, 6) is -3.65. The number of anilines is 1. The smallest absolute Gasteiger partial charge is 0.414 e.